The monoisotopic (exact) mass is 419 g/mol. The standard InChI is InChI=1S/C26H29NO4/c1-3-5-17-29-19-21-18-20(11-16-25(21)30-4-2)26(28)27-22-12-14-24(15-13-22)31-23-9-7-6-8-10-23/h6-16,18H,3-5,17,19H2,1-2H3,(H,27,28). The van der Waals surface area contributed by atoms with E-state index in [0.29, 0.717) is 36.8 Å². The van der Waals surface area contributed by atoms with Crippen molar-refractivity contribution in [2.75, 3.05) is 18.5 Å². The first-order valence-corrected chi connectivity index (χ1v) is 10.7. The second kappa shape index (κ2) is 11.8. The molecule has 0 aliphatic carbocycles. The van der Waals surface area contributed by atoms with E-state index in [4.69, 9.17) is 14.2 Å². The number of benzene rings is 3. The Bertz CT molecular complexity index is 955. The first kappa shape index (κ1) is 22.4. The molecule has 5 nitrogen and oxygen atoms in total. The topological polar surface area (TPSA) is 56.8 Å². The lowest BCUT2D eigenvalue weighted by atomic mass is 10.1. The highest BCUT2D eigenvalue weighted by Gasteiger charge is 2.11. The van der Waals surface area contributed by atoms with Gasteiger partial charge in [0.15, 0.2) is 0 Å². The van der Waals surface area contributed by atoms with Crippen molar-refractivity contribution in [2.45, 2.75) is 33.3 Å². The van der Waals surface area contributed by atoms with Gasteiger partial charge in [0.25, 0.3) is 5.91 Å². The number of carbonyl (C=O) groups excluding carboxylic acids is 1. The molecule has 0 saturated heterocycles. The van der Waals surface area contributed by atoms with Crippen molar-refractivity contribution in [3.8, 4) is 17.2 Å². The minimum Gasteiger partial charge on any atom is -0.494 e. The highest BCUT2D eigenvalue weighted by Crippen LogP contribution is 2.24. The Morgan fingerprint density at radius 2 is 1.65 bits per heavy atom. The zero-order valence-corrected chi connectivity index (χ0v) is 18.1. The van der Waals surface area contributed by atoms with Crippen LogP contribution in [0.25, 0.3) is 0 Å². The van der Waals surface area contributed by atoms with Crippen LogP contribution in [-0.4, -0.2) is 19.1 Å². The third-order valence-electron chi connectivity index (χ3n) is 4.61. The van der Waals surface area contributed by atoms with E-state index in [9.17, 15) is 4.79 Å². The van der Waals surface area contributed by atoms with E-state index in [1.54, 1.807) is 6.07 Å². The summed E-state index contributed by atoms with van der Waals surface area (Å²) in [7, 11) is 0. The third kappa shape index (κ3) is 6.86. The first-order valence-electron chi connectivity index (χ1n) is 10.7. The highest BCUT2D eigenvalue weighted by atomic mass is 16.5. The molecule has 0 heterocycles. The van der Waals surface area contributed by atoms with Gasteiger partial charge < -0.3 is 19.5 Å². The molecule has 3 aromatic carbocycles. The fourth-order valence-corrected chi connectivity index (χ4v) is 2.99. The average Bonchev–Trinajstić information content (AvgIpc) is 2.80. The summed E-state index contributed by atoms with van der Waals surface area (Å²) >= 11 is 0. The molecule has 3 rings (SSSR count). The van der Waals surface area contributed by atoms with Crippen molar-refractivity contribution in [1.82, 2.24) is 0 Å². The van der Waals surface area contributed by atoms with Crippen molar-refractivity contribution >= 4 is 11.6 Å². The molecule has 162 valence electrons. The Kier molecular flexibility index (Phi) is 8.49. The number of rotatable bonds is 11. The van der Waals surface area contributed by atoms with Crippen LogP contribution in [0.4, 0.5) is 5.69 Å². The Hall–Kier alpha value is -3.31. The number of carbonyl (C=O) groups is 1. The maximum Gasteiger partial charge on any atom is 0.255 e. The van der Waals surface area contributed by atoms with Crippen LogP contribution in [0.2, 0.25) is 0 Å². The van der Waals surface area contributed by atoms with Crippen LogP contribution in [0.15, 0.2) is 72.8 Å². The number of hydrogen-bond acceptors (Lipinski definition) is 4. The minimum absolute atomic E-state index is 0.186. The molecular formula is C26H29NO4. The molecule has 0 aliphatic rings. The summed E-state index contributed by atoms with van der Waals surface area (Å²) in [4.78, 5) is 12.8. The van der Waals surface area contributed by atoms with Crippen LogP contribution >= 0.6 is 0 Å². The zero-order valence-electron chi connectivity index (χ0n) is 18.1. The van der Waals surface area contributed by atoms with Crippen LogP contribution in [0.3, 0.4) is 0 Å². The van der Waals surface area contributed by atoms with Gasteiger partial charge in [-0.25, -0.2) is 0 Å². The quantitative estimate of drug-likeness (QED) is 0.363. The van der Waals surface area contributed by atoms with E-state index < -0.39 is 0 Å². The van der Waals surface area contributed by atoms with Gasteiger partial charge >= 0.3 is 0 Å². The zero-order chi connectivity index (χ0) is 21.9. The number of unbranched alkanes of at least 4 members (excludes halogenated alkanes) is 1. The lowest BCUT2D eigenvalue weighted by Gasteiger charge is -2.13. The van der Waals surface area contributed by atoms with Gasteiger partial charge in [0, 0.05) is 23.4 Å². The number of amides is 1. The van der Waals surface area contributed by atoms with Crippen LogP contribution in [0, 0.1) is 0 Å². The van der Waals surface area contributed by atoms with Crippen LogP contribution in [0.5, 0.6) is 17.2 Å². The average molecular weight is 420 g/mol. The molecule has 1 N–H and O–H groups in total. The van der Waals surface area contributed by atoms with Gasteiger partial charge in [-0.05, 0) is 67.9 Å². The molecule has 0 saturated carbocycles. The van der Waals surface area contributed by atoms with Crippen molar-refractivity contribution in [1.29, 1.82) is 0 Å². The molecule has 0 bridgehead atoms. The van der Waals surface area contributed by atoms with E-state index in [0.717, 1.165) is 29.9 Å². The van der Waals surface area contributed by atoms with Gasteiger partial charge in [0.2, 0.25) is 0 Å². The minimum atomic E-state index is -0.186. The molecule has 1 amide bonds. The summed E-state index contributed by atoms with van der Waals surface area (Å²) in [5, 5.41) is 2.93. The molecule has 0 fully saturated rings. The second-order valence-electron chi connectivity index (χ2n) is 7.06. The number of anilines is 1. The summed E-state index contributed by atoms with van der Waals surface area (Å²) in [5.41, 5.74) is 2.12. The van der Waals surface area contributed by atoms with E-state index in [2.05, 4.69) is 12.2 Å². The van der Waals surface area contributed by atoms with Gasteiger partial charge in [-0.1, -0.05) is 31.5 Å². The number of hydrogen-bond donors (Lipinski definition) is 1. The van der Waals surface area contributed by atoms with Crippen LogP contribution in [0.1, 0.15) is 42.6 Å². The van der Waals surface area contributed by atoms with Gasteiger partial charge in [-0.15, -0.1) is 0 Å². The summed E-state index contributed by atoms with van der Waals surface area (Å²) in [6.07, 6.45) is 2.09. The maximum atomic E-state index is 12.8. The van der Waals surface area contributed by atoms with Crippen molar-refractivity contribution in [2.24, 2.45) is 0 Å². The van der Waals surface area contributed by atoms with Crippen molar-refractivity contribution < 1.29 is 19.0 Å². The molecule has 0 unspecified atom stereocenters. The molecule has 3 aromatic rings. The SMILES string of the molecule is CCCCOCc1cc(C(=O)Nc2ccc(Oc3ccccc3)cc2)ccc1OCC. The van der Waals surface area contributed by atoms with E-state index in [1.807, 2.05) is 73.7 Å². The Morgan fingerprint density at radius 3 is 2.35 bits per heavy atom. The second-order valence-corrected chi connectivity index (χ2v) is 7.06. The molecule has 31 heavy (non-hydrogen) atoms. The lowest BCUT2D eigenvalue weighted by molar-refractivity contribution is 0.102. The normalized spacial score (nSPS) is 10.5. The molecule has 0 atom stereocenters. The summed E-state index contributed by atoms with van der Waals surface area (Å²) in [6.45, 7) is 5.73. The molecule has 0 spiro atoms. The fraction of sp³-hybridized carbons (Fsp3) is 0.269. The van der Waals surface area contributed by atoms with E-state index >= 15 is 0 Å². The molecule has 0 aromatic heterocycles. The lowest BCUT2D eigenvalue weighted by Crippen LogP contribution is -2.13. The maximum absolute atomic E-state index is 12.8. The Balaban J connectivity index is 1.64. The van der Waals surface area contributed by atoms with Crippen LogP contribution in [-0.2, 0) is 11.3 Å². The van der Waals surface area contributed by atoms with Crippen molar-refractivity contribution in [3.63, 3.8) is 0 Å². The van der Waals surface area contributed by atoms with Gasteiger partial charge in [0.05, 0.1) is 13.2 Å². The highest BCUT2D eigenvalue weighted by molar-refractivity contribution is 6.04. The van der Waals surface area contributed by atoms with Crippen LogP contribution < -0.4 is 14.8 Å². The Morgan fingerprint density at radius 1 is 0.903 bits per heavy atom. The number of para-hydroxylation sites is 1. The van der Waals surface area contributed by atoms with Gasteiger partial charge in [0.1, 0.15) is 17.2 Å². The molecule has 0 aliphatic heterocycles. The number of nitrogens with one attached hydrogen (secondary N) is 1. The third-order valence-corrected chi connectivity index (χ3v) is 4.61. The summed E-state index contributed by atoms with van der Waals surface area (Å²) in [5.74, 6) is 2.03. The van der Waals surface area contributed by atoms with E-state index in [1.165, 1.54) is 0 Å². The predicted molar refractivity (Wildman–Crippen MR) is 123 cm³/mol. The fourth-order valence-electron chi connectivity index (χ4n) is 2.99. The summed E-state index contributed by atoms with van der Waals surface area (Å²) < 4.78 is 17.2. The number of ether oxygens (including phenoxy) is 3. The molecule has 0 radical (unpaired) electrons. The van der Waals surface area contributed by atoms with Gasteiger partial charge in [-0.2, -0.15) is 0 Å². The van der Waals surface area contributed by atoms with E-state index in [-0.39, 0.29) is 5.91 Å². The summed E-state index contributed by atoms with van der Waals surface area (Å²) in [6, 6.07) is 22.3. The predicted octanol–water partition coefficient (Wildman–Crippen LogP) is 6.45. The smallest absolute Gasteiger partial charge is 0.255 e. The largest absolute Gasteiger partial charge is 0.494 e. The molecule has 5 heteroatoms. The Labute approximate surface area is 184 Å². The van der Waals surface area contributed by atoms with Gasteiger partial charge in [-0.3, -0.25) is 4.79 Å². The van der Waals surface area contributed by atoms with Crippen molar-refractivity contribution in [3.05, 3.63) is 83.9 Å². The first-order chi connectivity index (χ1) is 15.2. The molecular weight excluding hydrogens is 390 g/mol.